The van der Waals surface area contributed by atoms with Crippen LogP contribution in [0.4, 0.5) is 0 Å². The summed E-state index contributed by atoms with van der Waals surface area (Å²) in [6.07, 6.45) is 2.01. The normalized spacial score (nSPS) is 16.1. The lowest BCUT2D eigenvalue weighted by molar-refractivity contribution is -0.871. The Morgan fingerprint density at radius 2 is 1.43 bits per heavy atom. The molecule has 216 valence electrons. The van der Waals surface area contributed by atoms with Crippen LogP contribution in [0, 0.1) is 23.2 Å². The average Bonchev–Trinajstić information content (AvgIpc) is 2.79. The molecule has 8 heteroatoms. The Morgan fingerprint density at radius 1 is 0.892 bits per heavy atom. The molecule has 5 atom stereocenters. The van der Waals surface area contributed by atoms with Gasteiger partial charge in [-0.3, -0.25) is 24.0 Å². The summed E-state index contributed by atoms with van der Waals surface area (Å²) in [6.45, 7) is 21.4. The number of amides is 2. The predicted octanol–water partition coefficient (Wildman–Crippen LogP) is 2.78. The molecule has 2 amide bonds. The van der Waals surface area contributed by atoms with Crippen molar-refractivity contribution in [3.63, 3.8) is 0 Å². The summed E-state index contributed by atoms with van der Waals surface area (Å²) >= 11 is 0. The molecule has 0 aromatic rings. The topological polar surface area (TPSA) is 114 Å². The van der Waals surface area contributed by atoms with Crippen molar-refractivity contribution in [1.29, 1.82) is 0 Å². The summed E-state index contributed by atoms with van der Waals surface area (Å²) < 4.78 is 0. The van der Waals surface area contributed by atoms with E-state index < -0.39 is 23.2 Å². The van der Waals surface area contributed by atoms with E-state index in [-0.39, 0.29) is 41.1 Å². The highest BCUT2D eigenvalue weighted by molar-refractivity contribution is 5.89. The maximum atomic E-state index is 12.8. The SMILES string of the molecule is CC.CCC(C)(C)NC(=O)C(C)CC(C)(CC(C(C)=O)C(C)C(=O)NCCC[NH+](C)CC(C)=O)C(C)=O. The second kappa shape index (κ2) is 17.4. The predicted molar refractivity (Wildman–Crippen MR) is 149 cm³/mol. The fourth-order valence-corrected chi connectivity index (χ4v) is 4.30. The average molecular weight is 527 g/mol. The third-order valence-corrected chi connectivity index (χ3v) is 7.24. The largest absolute Gasteiger partial charge is 0.356 e. The molecular weight excluding hydrogens is 470 g/mol. The summed E-state index contributed by atoms with van der Waals surface area (Å²) in [7, 11) is 1.94. The van der Waals surface area contributed by atoms with Crippen LogP contribution in [0.25, 0.3) is 0 Å². The smallest absolute Gasteiger partial charge is 0.223 e. The van der Waals surface area contributed by atoms with E-state index >= 15 is 0 Å². The second-order valence-electron chi connectivity index (χ2n) is 11.4. The van der Waals surface area contributed by atoms with Gasteiger partial charge in [0.2, 0.25) is 11.8 Å². The van der Waals surface area contributed by atoms with Gasteiger partial charge in [0.25, 0.3) is 0 Å². The fraction of sp³-hybridized carbons (Fsp3) is 0.828. The Labute approximate surface area is 226 Å². The molecule has 0 saturated heterocycles. The standard InChI is InChI=1S/C27H49N3O5.C2H6/c1-11-26(7,8)29-24(34)18(2)15-27(9,22(6)33)16-23(21(5)32)20(4)25(35)28-13-12-14-30(10)17-19(3)31;1-2/h18,20,23H,11-17H2,1-10H3,(H,28,35)(H,29,34);1-2H3/p+1. The highest BCUT2D eigenvalue weighted by Crippen LogP contribution is 2.37. The molecule has 0 bridgehead atoms. The van der Waals surface area contributed by atoms with Crippen molar-refractivity contribution in [2.45, 2.75) is 107 Å². The van der Waals surface area contributed by atoms with E-state index in [1.165, 1.54) is 13.8 Å². The molecule has 0 aliphatic carbocycles. The van der Waals surface area contributed by atoms with E-state index in [1.54, 1.807) is 27.7 Å². The Bertz CT molecular complexity index is 765. The number of carbonyl (C=O) groups excluding carboxylic acids is 5. The zero-order valence-electron chi connectivity index (χ0n) is 25.7. The number of rotatable bonds is 17. The van der Waals surface area contributed by atoms with Crippen molar-refractivity contribution < 1.29 is 28.9 Å². The Morgan fingerprint density at radius 3 is 1.86 bits per heavy atom. The van der Waals surface area contributed by atoms with Gasteiger partial charge in [-0.25, -0.2) is 0 Å². The van der Waals surface area contributed by atoms with Gasteiger partial charge < -0.3 is 15.5 Å². The highest BCUT2D eigenvalue weighted by Gasteiger charge is 2.40. The van der Waals surface area contributed by atoms with Crippen molar-refractivity contribution in [3.05, 3.63) is 0 Å². The number of carbonyl (C=O) groups is 5. The molecule has 8 nitrogen and oxygen atoms in total. The molecule has 0 fully saturated rings. The molecule has 0 aromatic carbocycles. The van der Waals surface area contributed by atoms with Gasteiger partial charge in [0, 0.05) is 48.6 Å². The zero-order valence-corrected chi connectivity index (χ0v) is 25.7. The van der Waals surface area contributed by atoms with E-state index in [4.69, 9.17) is 0 Å². The number of likely N-dealkylation sites (N-methyl/N-ethyl adjacent to an activating group) is 1. The zero-order chi connectivity index (χ0) is 29.6. The van der Waals surface area contributed by atoms with E-state index in [2.05, 4.69) is 10.6 Å². The molecule has 0 saturated carbocycles. The van der Waals surface area contributed by atoms with Crippen LogP contribution in [-0.4, -0.2) is 61.4 Å². The van der Waals surface area contributed by atoms with Gasteiger partial charge in [-0.1, -0.05) is 41.5 Å². The minimum Gasteiger partial charge on any atom is -0.356 e. The van der Waals surface area contributed by atoms with Gasteiger partial charge in [0.15, 0.2) is 5.78 Å². The molecule has 37 heavy (non-hydrogen) atoms. The van der Waals surface area contributed by atoms with Gasteiger partial charge in [-0.2, -0.15) is 0 Å². The van der Waals surface area contributed by atoms with Crippen LogP contribution in [0.5, 0.6) is 0 Å². The van der Waals surface area contributed by atoms with Crippen LogP contribution in [0.2, 0.25) is 0 Å². The quantitative estimate of drug-likeness (QED) is 0.252. The Balaban J connectivity index is 0. The van der Waals surface area contributed by atoms with Gasteiger partial charge >= 0.3 is 0 Å². The first-order valence-electron chi connectivity index (χ1n) is 13.9. The molecule has 0 spiro atoms. The third kappa shape index (κ3) is 14.4. The van der Waals surface area contributed by atoms with E-state index in [1.807, 2.05) is 41.7 Å². The fourth-order valence-electron chi connectivity index (χ4n) is 4.30. The van der Waals surface area contributed by atoms with Crippen LogP contribution >= 0.6 is 0 Å². The molecule has 3 N–H and O–H groups in total. The van der Waals surface area contributed by atoms with Gasteiger partial charge in [0.1, 0.15) is 18.1 Å². The van der Waals surface area contributed by atoms with Crippen LogP contribution < -0.4 is 15.5 Å². The van der Waals surface area contributed by atoms with E-state index in [9.17, 15) is 24.0 Å². The van der Waals surface area contributed by atoms with Gasteiger partial charge in [-0.05, 0) is 47.0 Å². The van der Waals surface area contributed by atoms with Crippen molar-refractivity contribution in [3.8, 4) is 0 Å². The third-order valence-electron chi connectivity index (χ3n) is 7.24. The summed E-state index contributed by atoms with van der Waals surface area (Å²) in [5, 5.41) is 5.92. The summed E-state index contributed by atoms with van der Waals surface area (Å²) in [5.74, 6) is -2.10. The number of quaternary nitrogens is 1. The number of Topliss-reactive ketones (excluding diaryl/α,β-unsaturated/α-hetero) is 3. The summed E-state index contributed by atoms with van der Waals surface area (Å²) in [6, 6.07) is 0. The number of hydrogen-bond acceptors (Lipinski definition) is 5. The number of ketones is 3. The summed E-state index contributed by atoms with van der Waals surface area (Å²) in [4.78, 5) is 63.1. The molecule has 0 heterocycles. The van der Waals surface area contributed by atoms with Crippen molar-refractivity contribution in [2.24, 2.45) is 23.2 Å². The van der Waals surface area contributed by atoms with Crippen LogP contribution in [0.1, 0.15) is 102 Å². The molecule has 0 aromatic heterocycles. The summed E-state index contributed by atoms with van der Waals surface area (Å²) in [5.41, 5.74) is -1.24. The van der Waals surface area contributed by atoms with Crippen molar-refractivity contribution in [1.82, 2.24) is 10.6 Å². The first-order valence-corrected chi connectivity index (χ1v) is 13.9. The second-order valence-corrected chi connectivity index (χ2v) is 11.4. The van der Waals surface area contributed by atoms with Crippen molar-refractivity contribution >= 4 is 29.2 Å². The van der Waals surface area contributed by atoms with Crippen LogP contribution in [-0.2, 0) is 24.0 Å². The number of hydrogen-bond donors (Lipinski definition) is 3. The maximum Gasteiger partial charge on any atom is 0.223 e. The monoisotopic (exact) mass is 526 g/mol. The molecule has 0 radical (unpaired) electrons. The lowest BCUT2D eigenvalue weighted by Crippen LogP contribution is -3.09. The number of nitrogens with one attached hydrogen (secondary N) is 3. The molecule has 5 unspecified atom stereocenters. The molecule has 0 rings (SSSR count). The van der Waals surface area contributed by atoms with E-state index in [0.717, 1.165) is 17.9 Å². The highest BCUT2D eigenvalue weighted by atomic mass is 16.2. The molecule has 0 aliphatic rings. The van der Waals surface area contributed by atoms with Gasteiger partial charge in [0.05, 0.1) is 13.6 Å². The Hall–Kier alpha value is -2.09. The Kier molecular flexibility index (Phi) is 17.5. The van der Waals surface area contributed by atoms with Crippen LogP contribution in [0.3, 0.4) is 0 Å². The minimum atomic E-state index is -0.906. The first-order chi connectivity index (χ1) is 17.0. The van der Waals surface area contributed by atoms with Crippen molar-refractivity contribution in [2.75, 3.05) is 26.7 Å². The lowest BCUT2D eigenvalue weighted by Gasteiger charge is -2.35. The minimum absolute atomic E-state index is 0.0951. The lowest BCUT2D eigenvalue weighted by atomic mass is 9.69. The van der Waals surface area contributed by atoms with Crippen LogP contribution in [0.15, 0.2) is 0 Å². The first kappa shape index (κ1) is 37.1. The van der Waals surface area contributed by atoms with E-state index in [0.29, 0.717) is 25.9 Å². The van der Waals surface area contributed by atoms with Gasteiger partial charge in [-0.15, -0.1) is 0 Å². The molecule has 0 aliphatic heterocycles. The maximum absolute atomic E-state index is 12.8. The molecular formula is C29H56N3O5+.